The third-order valence-electron chi connectivity index (χ3n) is 2.86. The van der Waals surface area contributed by atoms with Gasteiger partial charge in [-0.1, -0.05) is 6.07 Å². The molecule has 0 fully saturated rings. The molecule has 0 bridgehead atoms. The van der Waals surface area contributed by atoms with Crippen molar-refractivity contribution < 1.29 is 4.74 Å². The van der Waals surface area contributed by atoms with E-state index in [1.165, 1.54) is 0 Å². The van der Waals surface area contributed by atoms with Gasteiger partial charge in [0.05, 0.1) is 23.8 Å². The second kappa shape index (κ2) is 7.42. The number of ether oxygens (including phenoxy) is 1. The van der Waals surface area contributed by atoms with Crippen molar-refractivity contribution >= 4 is 38.9 Å². The number of benzene rings is 1. The first kappa shape index (κ1) is 15.8. The van der Waals surface area contributed by atoms with E-state index in [0.717, 1.165) is 28.1 Å². The van der Waals surface area contributed by atoms with E-state index in [-0.39, 0.29) is 0 Å². The monoisotopic (exact) mass is 368 g/mol. The Balaban J connectivity index is 1.90. The summed E-state index contributed by atoms with van der Waals surface area (Å²) in [6.45, 7) is 3.44. The first-order chi connectivity index (χ1) is 10.1. The van der Waals surface area contributed by atoms with Crippen LogP contribution >= 0.6 is 28.1 Å². The third-order valence-corrected chi connectivity index (χ3v) is 3.76. The number of hydrogen-bond acceptors (Lipinski definition) is 3. The summed E-state index contributed by atoms with van der Waals surface area (Å²) in [5, 5.41) is 11.2. The summed E-state index contributed by atoms with van der Waals surface area (Å²) >= 11 is 8.77. The molecule has 0 saturated heterocycles. The number of aromatic nitrogens is 2. The highest BCUT2D eigenvalue weighted by atomic mass is 79.9. The van der Waals surface area contributed by atoms with Gasteiger partial charge in [-0.15, -0.1) is 0 Å². The van der Waals surface area contributed by atoms with Gasteiger partial charge in [0.2, 0.25) is 0 Å². The number of thiocarbonyl (C=S) groups is 1. The van der Waals surface area contributed by atoms with Crippen LogP contribution in [0.2, 0.25) is 0 Å². The molecule has 2 rings (SSSR count). The van der Waals surface area contributed by atoms with Crippen molar-refractivity contribution in [2.24, 2.45) is 0 Å². The Hall–Kier alpha value is -1.60. The number of methoxy groups -OCH3 is 1. The lowest BCUT2D eigenvalue weighted by Crippen LogP contribution is -2.28. The quantitative estimate of drug-likeness (QED) is 0.793. The third kappa shape index (κ3) is 4.44. The number of halogens is 1. The zero-order chi connectivity index (χ0) is 15.2. The van der Waals surface area contributed by atoms with E-state index in [4.69, 9.17) is 17.0 Å². The molecule has 0 aliphatic rings. The summed E-state index contributed by atoms with van der Waals surface area (Å²) in [6.07, 6.45) is 1.95. The average molecular weight is 369 g/mol. The molecular formula is C14H17BrN4OS. The van der Waals surface area contributed by atoms with Crippen molar-refractivity contribution in [1.29, 1.82) is 0 Å². The summed E-state index contributed by atoms with van der Waals surface area (Å²) in [7, 11) is 1.64. The van der Waals surface area contributed by atoms with Gasteiger partial charge in [0.25, 0.3) is 0 Å². The van der Waals surface area contributed by atoms with Crippen LogP contribution in [0, 0.1) is 0 Å². The Morgan fingerprint density at radius 2 is 2.29 bits per heavy atom. The first-order valence-corrected chi connectivity index (χ1v) is 7.73. The minimum absolute atomic E-state index is 0.543. The van der Waals surface area contributed by atoms with Crippen LogP contribution in [0.4, 0.5) is 5.69 Å². The van der Waals surface area contributed by atoms with Gasteiger partial charge in [-0.3, -0.25) is 4.68 Å². The summed E-state index contributed by atoms with van der Waals surface area (Å²) in [4.78, 5) is 0. The molecule has 1 aromatic carbocycles. The van der Waals surface area contributed by atoms with E-state index < -0.39 is 0 Å². The molecule has 0 saturated carbocycles. The summed E-state index contributed by atoms with van der Waals surface area (Å²) in [6, 6.07) is 7.60. The molecule has 0 atom stereocenters. The van der Waals surface area contributed by atoms with Crippen molar-refractivity contribution in [2.45, 2.75) is 20.0 Å². The lowest BCUT2D eigenvalue weighted by Gasteiger charge is -2.10. The smallest absolute Gasteiger partial charge is 0.171 e. The van der Waals surface area contributed by atoms with Gasteiger partial charge in [0.15, 0.2) is 5.11 Å². The molecule has 5 nitrogen and oxygen atoms in total. The van der Waals surface area contributed by atoms with E-state index in [9.17, 15) is 0 Å². The minimum atomic E-state index is 0.543. The SMILES string of the molecule is CCn1cc(Br)c(CNC(=S)Nc2cccc(OC)c2)n1. The van der Waals surface area contributed by atoms with Gasteiger partial charge < -0.3 is 15.4 Å². The fraction of sp³-hybridized carbons (Fsp3) is 0.286. The predicted octanol–water partition coefficient (Wildman–Crippen LogP) is 3.16. The summed E-state index contributed by atoms with van der Waals surface area (Å²) in [5.74, 6) is 0.784. The normalized spacial score (nSPS) is 10.2. The van der Waals surface area contributed by atoms with Gasteiger partial charge in [-0.25, -0.2) is 0 Å². The second-order valence-electron chi connectivity index (χ2n) is 4.32. The Bertz CT molecular complexity index is 629. The molecular weight excluding hydrogens is 352 g/mol. The topological polar surface area (TPSA) is 51.1 Å². The first-order valence-electron chi connectivity index (χ1n) is 6.53. The highest BCUT2D eigenvalue weighted by molar-refractivity contribution is 9.10. The molecule has 7 heteroatoms. The number of hydrogen-bond donors (Lipinski definition) is 2. The van der Waals surface area contributed by atoms with Crippen molar-refractivity contribution in [2.75, 3.05) is 12.4 Å². The molecule has 0 aliphatic carbocycles. The number of rotatable bonds is 5. The molecule has 21 heavy (non-hydrogen) atoms. The maximum Gasteiger partial charge on any atom is 0.171 e. The highest BCUT2D eigenvalue weighted by Gasteiger charge is 2.06. The van der Waals surface area contributed by atoms with Gasteiger partial charge in [-0.2, -0.15) is 5.10 Å². The molecule has 2 aromatic rings. The number of nitrogens with one attached hydrogen (secondary N) is 2. The molecule has 0 unspecified atom stereocenters. The zero-order valence-electron chi connectivity index (χ0n) is 11.9. The van der Waals surface area contributed by atoms with Crippen LogP contribution in [0.1, 0.15) is 12.6 Å². The van der Waals surface area contributed by atoms with Crippen LogP contribution in [0.3, 0.4) is 0 Å². The number of anilines is 1. The number of nitrogens with zero attached hydrogens (tertiary/aromatic N) is 2. The minimum Gasteiger partial charge on any atom is -0.497 e. The van der Waals surface area contributed by atoms with E-state index in [1.54, 1.807) is 7.11 Å². The molecule has 2 N–H and O–H groups in total. The largest absolute Gasteiger partial charge is 0.497 e. The molecule has 0 spiro atoms. The van der Waals surface area contributed by atoms with Crippen LogP contribution < -0.4 is 15.4 Å². The van der Waals surface area contributed by atoms with E-state index in [2.05, 4.69) is 31.7 Å². The van der Waals surface area contributed by atoms with E-state index in [1.807, 2.05) is 42.1 Å². The Morgan fingerprint density at radius 1 is 1.48 bits per heavy atom. The second-order valence-corrected chi connectivity index (χ2v) is 5.58. The van der Waals surface area contributed by atoms with Crippen LogP contribution in [0.25, 0.3) is 0 Å². The lowest BCUT2D eigenvalue weighted by atomic mass is 10.3. The van der Waals surface area contributed by atoms with Gasteiger partial charge in [0, 0.05) is 24.5 Å². The van der Waals surface area contributed by atoms with Crippen molar-refractivity contribution in [1.82, 2.24) is 15.1 Å². The Morgan fingerprint density at radius 3 is 2.95 bits per heavy atom. The number of aryl methyl sites for hydroxylation is 1. The van der Waals surface area contributed by atoms with Gasteiger partial charge in [-0.05, 0) is 47.2 Å². The van der Waals surface area contributed by atoms with Crippen molar-refractivity contribution in [3.8, 4) is 5.75 Å². The molecule has 1 heterocycles. The predicted molar refractivity (Wildman–Crippen MR) is 91.7 cm³/mol. The lowest BCUT2D eigenvalue weighted by molar-refractivity contribution is 0.415. The van der Waals surface area contributed by atoms with E-state index in [0.29, 0.717) is 11.7 Å². The molecule has 0 aliphatic heterocycles. The van der Waals surface area contributed by atoms with Gasteiger partial charge >= 0.3 is 0 Å². The van der Waals surface area contributed by atoms with Crippen LogP contribution in [0.15, 0.2) is 34.9 Å². The fourth-order valence-corrected chi connectivity index (χ4v) is 2.40. The highest BCUT2D eigenvalue weighted by Crippen LogP contribution is 2.17. The Labute approximate surface area is 137 Å². The zero-order valence-corrected chi connectivity index (χ0v) is 14.3. The molecule has 0 radical (unpaired) electrons. The van der Waals surface area contributed by atoms with Crippen LogP contribution in [-0.4, -0.2) is 22.0 Å². The molecule has 112 valence electrons. The maximum absolute atomic E-state index is 5.28. The summed E-state index contributed by atoms with van der Waals surface area (Å²) in [5.41, 5.74) is 1.80. The Kier molecular flexibility index (Phi) is 5.58. The van der Waals surface area contributed by atoms with E-state index >= 15 is 0 Å². The van der Waals surface area contributed by atoms with Gasteiger partial charge in [0.1, 0.15) is 5.75 Å². The standard InChI is InChI=1S/C14H17BrN4OS/c1-3-19-9-12(15)13(18-19)8-16-14(21)17-10-5-4-6-11(7-10)20-2/h4-7,9H,3,8H2,1-2H3,(H2,16,17,21). The van der Waals surface area contributed by atoms with Crippen LogP contribution in [-0.2, 0) is 13.1 Å². The molecule has 1 aromatic heterocycles. The van der Waals surface area contributed by atoms with Crippen molar-refractivity contribution in [3.05, 3.63) is 40.6 Å². The average Bonchev–Trinajstić information content (AvgIpc) is 2.86. The fourth-order valence-electron chi connectivity index (χ4n) is 1.76. The summed E-state index contributed by atoms with van der Waals surface area (Å²) < 4.78 is 8.02. The molecule has 0 amide bonds. The maximum atomic E-state index is 5.28. The van der Waals surface area contributed by atoms with Crippen molar-refractivity contribution in [3.63, 3.8) is 0 Å². The van der Waals surface area contributed by atoms with Crippen LogP contribution in [0.5, 0.6) is 5.75 Å².